The number of para-hydroxylation sites is 1. The second-order valence-corrected chi connectivity index (χ2v) is 7.89. The summed E-state index contributed by atoms with van der Waals surface area (Å²) in [5.41, 5.74) is 1.90. The van der Waals surface area contributed by atoms with Crippen molar-refractivity contribution >= 4 is 11.9 Å². The number of benzene rings is 1. The maximum atomic E-state index is 11.5. The predicted octanol–water partition coefficient (Wildman–Crippen LogP) is 4.08. The Morgan fingerprint density at radius 3 is 2.56 bits per heavy atom. The first-order valence-electron chi connectivity index (χ1n) is 9.47. The summed E-state index contributed by atoms with van der Waals surface area (Å²) in [5.74, 6) is 0.547. The van der Waals surface area contributed by atoms with Gasteiger partial charge in [-0.15, -0.1) is 0 Å². The zero-order valence-corrected chi connectivity index (χ0v) is 16.7. The van der Waals surface area contributed by atoms with E-state index in [0.29, 0.717) is 19.0 Å². The molecule has 0 N–H and O–H groups in total. The minimum atomic E-state index is -0.347. The van der Waals surface area contributed by atoms with Gasteiger partial charge in [-0.2, -0.15) is 0 Å². The van der Waals surface area contributed by atoms with Crippen LogP contribution in [0.3, 0.4) is 0 Å². The quantitative estimate of drug-likeness (QED) is 0.453. The zero-order valence-electron chi connectivity index (χ0n) is 16.7. The Bertz CT molecular complexity index is 768. The lowest BCUT2D eigenvalue weighted by Gasteiger charge is -2.55. The van der Waals surface area contributed by atoms with Crippen molar-refractivity contribution in [1.82, 2.24) is 0 Å². The van der Waals surface area contributed by atoms with E-state index >= 15 is 0 Å². The molecule has 1 fully saturated rings. The molecule has 1 aromatic carbocycles. The van der Waals surface area contributed by atoms with Crippen molar-refractivity contribution in [2.75, 3.05) is 13.2 Å². The van der Waals surface area contributed by atoms with Crippen molar-refractivity contribution in [3.8, 4) is 5.75 Å². The number of allylic oxidation sites excluding steroid dienone is 1. The fourth-order valence-corrected chi connectivity index (χ4v) is 4.74. The van der Waals surface area contributed by atoms with Crippen LogP contribution in [-0.2, 0) is 19.1 Å². The number of ether oxygens (including phenoxy) is 3. The molecule has 5 heteroatoms. The van der Waals surface area contributed by atoms with E-state index in [9.17, 15) is 9.59 Å². The van der Waals surface area contributed by atoms with Gasteiger partial charge in [0, 0.05) is 30.7 Å². The molecule has 1 aliphatic heterocycles. The molecule has 0 amide bonds. The van der Waals surface area contributed by atoms with Crippen molar-refractivity contribution in [3.63, 3.8) is 0 Å². The smallest absolute Gasteiger partial charge is 0.308 e. The molecule has 2 bridgehead atoms. The van der Waals surface area contributed by atoms with Crippen molar-refractivity contribution < 1.29 is 23.8 Å². The van der Waals surface area contributed by atoms with E-state index in [-0.39, 0.29) is 41.2 Å². The third-order valence-corrected chi connectivity index (χ3v) is 6.27. The minimum absolute atomic E-state index is 0.127. The van der Waals surface area contributed by atoms with Crippen molar-refractivity contribution in [2.24, 2.45) is 23.2 Å². The van der Waals surface area contributed by atoms with E-state index in [2.05, 4.69) is 26.8 Å². The van der Waals surface area contributed by atoms with E-state index in [1.807, 2.05) is 18.2 Å². The molecule has 2 aliphatic rings. The van der Waals surface area contributed by atoms with Crippen LogP contribution in [0.15, 0.2) is 35.9 Å². The highest BCUT2D eigenvalue weighted by Gasteiger charge is 2.54. The molecule has 0 saturated carbocycles. The second-order valence-electron chi connectivity index (χ2n) is 7.89. The highest BCUT2D eigenvalue weighted by atomic mass is 16.5. The van der Waals surface area contributed by atoms with Gasteiger partial charge in [-0.25, -0.2) is 0 Å². The summed E-state index contributed by atoms with van der Waals surface area (Å²) in [4.78, 5) is 22.9. The number of carbonyl (C=O) groups excluding carboxylic acids is 2. The van der Waals surface area contributed by atoms with Crippen LogP contribution in [0.2, 0.25) is 0 Å². The Morgan fingerprint density at radius 2 is 1.89 bits per heavy atom. The molecule has 1 saturated heterocycles. The molecule has 0 radical (unpaired) electrons. The predicted molar refractivity (Wildman–Crippen MR) is 101 cm³/mol. The monoisotopic (exact) mass is 372 g/mol. The number of esters is 2. The van der Waals surface area contributed by atoms with Gasteiger partial charge in [0.05, 0.1) is 19.3 Å². The summed E-state index contributed by atoms with van der Waals surface area (Å²) in [7, 11) is 0. The van der Waals surface area contributed by atoms with Gasteiger partial charge in [0.1, 0.15) is 5.75 Å². The van der Waals surface area contributed by atoms with Gasteiger partial charge < -0.3 is 14.2 Å². The normalized spacial score (nSPS) is 32.4. The van der Waals surface area contributed by atoms with Crippen LogP contribution >= 0.6 is 0 Å². The highest BCUT2D eigenvalue weighted by molar-refractivity contribution is 5.70. The molecule has 1 heterocycles. The number of rotatable bonds is 4. The molecular weight excluding hydrogens is 344 g/mol. The van der Waals surface area contributed by atoms with Crippen LogP contribution in [0.1, 0.15) is 46.3 Å². The standard InChI is InChI=1S/C22H28O5/c1-13-10-14(2)22(11-25-16(4)23)12-26-21(20(13)15(22)3)18-8-6-7-9-19(18)27-17(5)24/h6-10,14-15,20-21H,11-12H2,1-5H3/t14-,15+,20+,21+,22-/m1/s1. The Hall–Kier alpha value is -2.14. The summed E-state index contributed by atoms with van der Waals surface area (Å²) >= 11 is 0. The molecule has 27 heavy (non-hydrogen) atoms. The summed E-state index contributed by atoms with van der Waals surface area (Å²) in [5, 5.41) is 0. The van der Waals surface area contributed by atoms with E-state index < -0.39 is 0 Å². The van der Waals surface area contributed by atoms with Crippen LogP contribution in [0.25, 0.3) is 0 Å². The SMILES string of the molecule is CC(=O)OC[C@@]12CO[C@@H](c3ccccc3OC(C)=O)[C@@H](C(C)=C[C@H]1C)[C@@H]2C. The average Bonchev–Trinajstić information content (AvgIpc) is 2.59. The molecule has 3 rings (SSSR count). The van der Waals surface area contributed by atoms with Gasteiger partial charge in [-0.05, 0) is 24.8 Å². The largest absolute Gasteiger partial charge is 0.465 e. The van der Waals surface area contributed by atoms with Crippen molar-refractivity contribution in [1.29, 1.82) is 0 Å². The summed E-state index contributed by atoms with van der Waals surface area (Å²) in [6.45, 7) is 10.2. The van der Waals surface area contributed by atoms with Gasteiger partial charge in [0.2, 0.25) is 0 Å². The minimum Gasteiger partial charge on any atom is -0.465 e. The average molecular weight is 372 g/mol. The molecule has 0 aromatic heterocycles. The Balaban J connectivity index is 1.98. The molecular formula is C22H28O5. The first kappa shape index (κ1) is 19.6. The Morgan fingerprint density at radius 1 is 1.19 bits per heavy atom. The van der Waals surface area contributed by atoms with Crippen LogP contribution < -0.4 is 4.74 Å². The summed E-state index contributed by atoms with van der Waals surface area (Å²) in [6.07, 6.45) is 2.07. The third kappa shape index (κ3) is 3.53. The van der Waals surface area contributed by atoms with Crippen molar-refractivity contribution in [3.05, 3.63) is 41.5 Å². The third-order valence-electron chi connectivity index (χ3n) is 6.27. The van der Waals surface area contributed by atoms with Crippen LogP contribution in [0.4, 0.5) is 0 Å². The van der Waals surface area contributed by atoms with Crippen LogP contribution in [0, 0.1) is 23.2 Å². The Kier molecular flexibility index (Phi) is 5.43. The molecule has 146 valence electrons. The molecule has 0 unspecified atom stereocenters. The maximum Gasteiger partial charge on any atom is 0.308 e. The summed E-state index contributed by atoms with van der Waals surface area (Å²) < 4.78 is 17.2. The number of fused-ring (bicyclic) bond motifs is 2. The topological polar surface area (TPSA) is 61.8 Å². The molecule has 1 aliphatic carbocycles. The fourth-order valence-electron chi connectivity index (χ4n) is 4.74. The second kappa shape index (κ2) is 7.47. The lowest BCUT2D eigenvalue weighted by molar-refractivity contribution is -0.180. The lowest BCUT2D eigenvalue weighted by Crippen LogP contribution is -2.54. The van der Waals surface area contributed by atoms with Crippen LogP contribution in [0.5, 0.6) is 5.75 Å². The van der Waals surface area contributed by atoms with Gasteiger partial charge >= 0.3 is 11.9 Å². The molecule has 5 atom stereocenters. The molecule has 1 aromatic rings. The first-order chi connectivity index (χ1) is 12.8. The molecule has 0 spiro atoms. The highest BCUT2D eigenvalue weighted by Crippen LogP contribution is 2.57. The molecule has 5 nitrogen and oxygen atoms in total. The number of carbonyl (C=O) groups is 2. The van der Waals surface area contributed by atoms with Gasteiger partial charge in [0.25, 0.3) is 0 Å². The number of hydrogen-bond acceptors (Lipinski definition) is 5. The zero-order chi connectivity index (χ0) is 19.8. The van der Waals surface area contributed by atoms with Gasteiger partial charge in [0.15, 0.2) is 0 Å². The number of hydrogen-bond donors (Lipinski definition) is 0. The van der Waals surface area contributed by atoms with Crippen molar-refractivity contribution in [2.45, 2.75) is 40.7 Å². The fraction of sp³-hybridized carbons (Fsp3) is 0.545. The lowest BCUT2D eigenvalue weighted by atomic mass is 9.56. The van der Waals surface area contributed by atoms with Crippen LogP contribution in [-0.4, -0.2) is 25.2 Å². The van der Waals surface area contributed by atoms with E-state index in [1.54, 1.807) is 6.07 Å². The Labute approximate surface area is 160 Å². The van der Waals surface area contributed by atoms with E-state index in [0.717, 1.165) is 5.56 Å². The van der Waals surface area contributed by atoms with E-state index in [1.165, 1.54) is 19.4 Å². The van der Waals surface area contributed by atoms with E-state index in [4.69, 9.17) is 14.2 Å². The summed E-state index contributed by atoms with van der Waals surface area (Å²) in [6, 6.07) is 7.54. The van der Waals surface area contributed by atoms with Gasteiger partial charge in [-0.3, -0.25) is 9.59 Å². The maximum absolute atomic E-state index is 11.5. The van der Waals surface area contributed by atoms with Gasteiger partial charge in [-0.1, -0.05) is 43.7 Å². The first-order valence-corrected chi connectivity index (χ1v) is 9.47.